The molecule has 1 aliphatic heterocycles. The van der Waals surface area contributed by atoms with Gasteiger partial charge in [0, 0.05) is 11.3 Å². The monoisotopic (exact) mass is 202 g/mol. The molecule has 14 heavy (non-hydrogen) atoms. The van der Waals surface area contributed by atoms with Crippen LogP contribution in [0, 0.1) is 11.3 Å². The van der Waals surface area contributed by atoms with E-state index in [1.807, 2.05) is 20.8 Å². The molecule has 0 aromatic heterocycles. The van der Waals surface area contributed by atoms with E-state index in [1.54, 1.807) is 0 Å². The van der Waals surface area contributed by atoms with Gasteiger partial charge in [-0.2, -0.15) is 0 Å². The highest BCUT2D eigenvalue weighted by atomic mass is 16.5. The Balaban J connectivity index is 2.92. The number of hydrogen-bond donors (Lipinski definition) is 2. The predicted molar refractivity (Wildman–Crippen MR) is 51.0 cm³/mol. The van der Waals surface area contributed by atoms with Crippen LogP contribution >= 0.6 is 0 Å². The second-order valence-corrected chi connectivity index (χ2v) is 4.79. The second kappa shape index (κ2) is 3.51. The van der Waals surface area contributed by atoms with E-state index in [2.05, 4.69) is 0 Å². The Labute approximate surface area is 83.9 Å². The van der Waals surface area contributed by atoms with E-state index >= 15 is 0 Å². The van der Waals surface area contributed by atoms with Gasteiger partial charge in [-0.25, -0.2) is 0 Å². The number of hydrogen-bond acceptors (Lipinski definition) is 3. The first kappa shape index (κ1) is 11.5. The largest absolute Gasteiger partial charge is 0.481 e. The molecule has 0 spiro atoms. The minimum atomic E-state index is -1.17. The fourth-order valence-corrected chi connectivity index (χ4v) is 2.06. The molecular formula is C10H18O4. The molecule has 0 amide bonds. The Morgan fingerprint density at radius 3 is 2.57 bits per heavy atom. The Morgan fingerprint density at radius 1 is 1.57 bits per heavy atom. The van der Waals surface area contributed by atoms with Crippen LogP contribution in [0.15, 0.2) is 0 Å². The van der Waals surface area contributed by atoms with Crippen molar-refractivity contribution in [3.8, 4) is 0 Å². The van der Waals surface area contributed by atoms with Gasteiger partial charge in [-0.15, -0.1) is 0 Å². The fraction of sp³-hybridized carbons (Fsp3) is 0.900. The molecule has 1 fully saturated rings. The third kappa shape index (κ3) is 1.77. The van der Waals surface area contributed by atoms with Crippen molar-refractivity contribution in [2.45, 2.75) is 32.8 Å². The lowest BCUT2D eigenvalue weighted by atomic mass is 9.65. The second-order valence-electron chi connectivity index (χ2n) is 4.79. The van der Waals surface area contributed by atoms with Gasteiger partial charge in [0.2, 0.25) is 0 Å². The van der Waals surface area contributed by atoms with Gasteiger partial charge < -0.3 is 14.9 Å². The number of carboxylic acids is 1. The van der Waals surface area contributed by atoms with Gasteiger partial charge in [-0.1, -0.05) is 20.8 Å². The molecule has 0 aromatic carbocycles. The first-order valence-electron chi connectivity index (χ1n) is 4.81. The third-order valence-electron chi connectivity index (χ3n) is 3.24. The zero-order valence-corrected chi connectivity index (χ0v) is 8.91. The minimum Gasteiger partial charge on any atom is -0.481 e. The highest BCUT2D eigenvalue weighted by Crippen LogP contribution is 2.43. The summed E-state index contributed by atoms with van der Waals surface area (Å²) in [6, 6.07) is 0. The molecule has 2 atom stereocenters. The molecular weight excluding hydrogens is 184 g/mol. The van der Waals surface area contributed by atoms with Crippen molar-refractivity contribution >= 4 is 5.97 Å². The highest BCUT2D eigenvalue weighted by molar-refractivity contribution is 5.68. The molecule has 0 bridgehead atoms. The molecule has 82 valence electrons. The summed E-state index contributed by atoms with van der Waals surface area (Å²) in [6.45, 7) is 6.33. The van der Waals surface area contributed by atoms with Gasteiger partial charge in [0.15, 0.2) is 0 Å². The van der Waals surface area contributed by atoms with Crippen molar-refractivity contribution in [1.82, 2.24) is 0 Å². The average Bonchev–Trinajstić information content (AvgIpc) is 1.99. The van der Waals surface area contributed by atoms with Crippen molar-refractivity contribution in [2.24, 2.45) is 11.3 Å². The standard InChI is InChI=1S/C10H18O4/c1-7-5-14-6-9(2,3)10(7,13)4-8(11)12/h7,13H,4-6H2,1-3H3,(H,11,12). The van der Waals surface area contributed by atoms with Crippen LogP contribution in [0.1, 0.15) is 27.2 Å². The molecule has 2 N–H and O–H groups in total. The molecule has 0 radical (unpaired) electrons. The predicted octanol–water partition coefficient (Wildman–Crippen LogP) is 0.885. The first-order valence-corrected chi connectivity index (χ1v) is 4.81. The van der Waals surface area contributed by atoms with E-state index < -0.39 is 17.0 Å². The Bertz CT molecular complexity index is 236. The summed E-state index contributed by atoms with van der Waals surface area (Å²) in [5, 5.41) is 19.2. The van der Waals surface area contributed by atoms with Gasteiger partial charge in [-0.3, -0.25) is 4.79 Å². The van der Waals surface area contributed by atoms with E-state index in [0.29, 0.717) is 13.2 Å². The maximum absolute atomic E-state index is 10.7. The summed E-state index contributed by atoms with van der Waals surface area (Å²) in [4.78, 5) is 10.7. The number of carbonyl (C=O) groups is 1. The number of aliphatic hydroxyl groups is 1. The summed E-state index contributed by atoms with van der Waals surface area (Å²) in [5.41, 5.74) is -1.68. The zero-order chi connectivity index (χ0) is 11.0. The molecule has 0 saturated carbocycles. The summed E-state index contributed by atoms with van der Waals surface area (Å²) >= 11 is 0. The summed E-state index contributed by atoms with van der Waals surface area (Å²) < 4.78 is 5.32. The molecule has 4 nitrogen and oxygen atoms in total. The number of ether oxygens (including phenoxy) is 1. The van der Waals surface area contributed by atoms with Crippen LogP contribution in [-0.2, 0) is 9.53 Å². The van der Waals surface area contributed by atoms with Gasteiger partial charge in [0.1, 0.15) is 0 Å². The smallest absolute Gasteiger partial charge is 0.306 e. The van der Waals surface area contributed by atoms with Crippen molar-refractivity contribution < 1.29 is 19.7 Å². The quantitative estimate of drug-likeness (QED) is 0.697. The molecule has 0 aromatic rings. The van der Waals surface area contributed by atoms with Crippen molar-refractivity contribution in [3.05, 3.63) is 0 Å². The van der Waals surface area contributed by atoms with Crippen molar-refractivity contribution in [3.63, 3.8) is 0 Å². The first-order chi connectivity index (χ1) is 6.29. The maximum atomic E-state index is 10.7. The lowest BCUT2D eigenvalue weighted by Gasteiger charge is -2.49. The third-order valence-corrected chi connectivity index (χ3v) is 3.24. The van der Waals surface area contributed by atoms with Crippen LogP contribution in [0.4, 0.5) is 0 Å². The van der Waals surface area contributed by atoms with Gasteiger partial charge in [-0.05, 0) is 0 Å². The van der Waals surface area contributed by atoms with E-state index in [4.69, 9.17) is 9.84 Å². The van der Waals surface area contributed by atoms with Gasteiger partial charge in [0.05, 0.1) is 25.2 Å². The average molecular weight is 202 g/mol. The van der Waals surface area contributed by atoms with Gasteiger partial charge in [0.25, 0.3) is 0 Å². The van der Waals surface area contributed by atoms with Crippen LogP contribution < -0.4 is 0 Å². The molecule has 4 heteroatoms. The molecule has 1 aliphatic rings. The van der Waals surface area contributed by atoms with E-state index in [9.17, 15) is 9.90 Å². The number of carboxylic acid groups (broad SMARTS) is 1. The SMILES string of the molecule is CC1COCC(C)(C)C1(O)CC(=O)O. The molecule has 2 unspecified atom stereocenters. The normalized spacial score (nSPS) is 36.7. The van der Waals surface area contributed by atoms with Crippen molar-refractivity contribution in [1.29, 1.82) is 0 Å². The Kier molecular flexibility index (Phi) is 2.88. The molecule has 1 heterocycles. The molecule has 1 saturated heterocycles. The topological polar surface area (TPSA) is 66.8 Å². The minimum absolute atomic E-state index is 0.151. The number of aliphatic carboxylic acids is 1. The van der Waals surface area contributed by atoms with E-state index in [-0.39, 0.29) is 12.3 Å². The summed E-state index contributed by atoms with van der Waals surface area (Å²) in [7, 11) is 0. The highest BCUT2D eigenvalue weighted by Gasteiger charge is 2.51. The summed E-state index contributed by atoms with van der Waals surface area (Å²) in [5.74, 6) is -1.11. The zero-order valence-electron chi connectivity index (χ0n) is 8.91. The van der Waals surface area contributed by atoms with Crippen LogP contribution in [0.25, 0.3) is 0 Å². The van der Waals surface area contributed by atoms with Crippen LogP contribution in [0.3, 0.4) is 0 Å². The maximum Gasteiger partial charge on any atom is 0.306 e. The lowest BCUT2D eigenvalue weighted by Crippen LogP contribution is -2.57. The van der Waals surface area contributed by atoms with E-state index in [0.717, 1.165) is 0 Å². The summed E-state index contributed by atoms with van der Waals surface area (Å²) in [6.07, 6.45) is -0.218. The van der Waals surface area contributed by atoms with Gasteiger partial charge >= 0.3 is 5.97 Å². The molecule has 1 rings (SSSR count). The lowest BCUT2D eigenvalue weighted by molar-refractivity contribution is -0.200. The van der Waals surface area contributed by atoms with Crippen LogP contribution in [0.5, 0.6) is 0 Å². The molecule has 0 aliphatic carbocycles. The Hall–Kier alpha value is -0.610. The van der Waals surface area contributed by atoms with E-state index in [1.165, 1.54) is 0 Å². The van der Waals surface area contributed by atoms with Crippen LogP contribution in [0.2, 0.25) is 0 Å². The van der Waals surface area contributed by atoms with Crippen molar-refractivity contribution in [2.75, 3.05) is 13.2 Å². The number of rotatable bonds is 2. The fourth-order valence-electron chi connectivity index (χ4n) is 2.06. The Morgan fingerprint density at radius 2 is 2.14 bits per heavy atom. The van der Waals surface area contributed by atoms with Crippen LogP contribution in [-0.4, -0.2) is 35.0 Å².